The molecule has 0 aliphatic carbocycles. The fourth-order valence-corrected chi connectivity index (χ4v) is 3.98. The molecule has 1 fully saturated rings. The molecule has 0 radical (unpaired) electrons. The predicted molar refractivity (Wildman–Crippen MR) is 97.7 cm³/mol. The SMILES string of the molecule is O=C1Cc2ccccc2CN1C1CCN(Cc2cc(=O)c(O)c[nH]2)CC1. The first-order chi connectivity index (χ1) is 12.6. The molecule has 1 saturated heterocycles. The van der Waals surface area contributed by atoms with Crippen molar-refractivity contribution in [2.24, 2.45) is 0 Å². The lowest BCUT2D eigenvalue weighted by atomic mass is 9.95. The van der Waals surface area contributed by atoms with Gasteiger partial charge in [-0.2, -0.15) is 0 Å². The predicted octanol–water partition coefficient (Wildman–Crippen LogP) is 1.63. The van der Waals surface area contributed by atoms with Crippen LogP contribution in [0.3, 0.4) is 0 Å². The van der Waals surface area contributed by atoms with Gasteiger partial charge in [0.25, 0.3) is 0 Å². The van der Waals surface area contributed by atoms with Crippen molar-refractivity contribution in [3.05, 3.63) is 63.6 Å². The molecule has 2 aliphatic rings. The number of piperidine rings is 1. The Labute approximate surface area is 152 Å². The zero-order valence-corrected chi connectivity index (χ0v) is 14.6. The second kappa shape index (κ2) is 6.96. The number of aromatic nitrogens is 1. The fraction of sp³-hybridized carbons (Fsp3) is 0.400. The van der Waals surface area contributed by atoms with E-state index >= 15 is 0 Å². The Morgan fingerprint density at radius 1 is 1.12 bits per heavy atom. The molecule has 6 heteroatoms. The first-order valence-corrected chi connectivity index (χ1v) is 9.09. The van der Waals surface area contributed by atoms with Crippen LogP contribution in [0.4, 0.5) is 0 Å². The molecular weight excluding hydrogens is 330 g/mol. The van der Waals surface area contributed by atoms with Gasteiger partial charge in [-0.25, -0.2) is 0 Å². The molecule has 6 nitrogen and oxygen atoms in total. The lowest BCUT2D eigenvalue weighted by Crippen LogP contribution is -2.49. The minimum Gasteiger partial charge on any atom is -0.503 e. The Morgan fingerprint density at radius 3 is 2.58 bits per heavy atom. The van der Waals surface area contributed by atoms with Crippen LogP contribution >= 0.6 is 0 Å². The quantitative estimate of drug-likeness (QED) is 0.879. The molecule has 0 atom stereocenters. The second-order valence-electron chi connectivity index (χ2n) is 7.18. The van der Waals surface area contributed by atoms with E-state index in [0.717, 1.165) is 37.2 Å². The number of carbonyl (C=O) groups is 1. The first kappa shape index (κ1) is 16.8. The number of aromatic amines is 1. The van der Waals surface area contributed by atoms with Crippen LogP contribution < -0.4 is 5.43 Å². The molecule has 0 unspecified atom stereocenters. The van der Waals surface area contributed by atoms with E-state index in [1.54, 1.807) is 0 Å². The van der Waals surface area contributed by atoms with Crippen molar-refractivity contribution in [1.29, 1.82) is 0 Å². The minimum atomic E-state index is -0.355. The molecule has 1 aromatic heterocycles. The van der Waals surface area contributed by atoms with Crippen LogP contribution in [-0.4, -0.2) is 44.9 Å². The molecule has 1 amide bonds. The molecule has 2 aliphatic heterocycles. The summed E-state index contributed by atoms with van der Waals surface area (Å²) >= 11 is 0. The number of aromatic hydroxyl groups is 1. The summed E-state index contributed by atoms with van der Waals surface area (Å²) in [6.07, 6.45) is 3.73. The molecule has 2 N–H and O–H groups in total. The van der Waals surface area contributed by atoms with E-state index in [1.807, 2.05) is 23.1 Å². The number of likely N-dealkylation sites (tertiary alicyclic amines) is 1. The van der Waals surface area contributed by atoms with Gasteiger partial charge < -0.3 is 15.0 Å². The first-order valence-electron chi connectivity index (χ1n) is 9.09. The van der Waals surface area contributed by atoms with Crippen molar-refractivity contribution in [1.82, 2.24) is 14.8 Å². The maximum atomic E-state index is 12.5. The third-order valence-corrected chi connectivity index (χ3v) is 5.46. The third kappa shape index (κ3) is 3.37. The van der Waals surface area contributed by atoms with E-state index in [2.05, 4.69) is 16.0 Å². The molecule has 3 heterocycles. The zero-order chi connectivity index (χ0) is 18.1. The lowest BCUT2D eigenvalue weighted by Gasteiger charge is -2.40. The van der Waals surface area contributed by atoms with Gasteiger partial charge in [-0.15, -0.1) is 0 Å². The number of carbonyl (C=O) groups excluding carboxylic acids is 1. The number of rotatable bonds is 3. The highest BCUT2D eigenvalue weighted by Crippen LogP contribution is 2.26. The van der Waals surface area contributed by atoms with Crippen molar-refractivity contribution >= 4 is 5.91 Å². The van der Waals surface area contributed by atoms with E-state index < -0.39 is 0 Å². The monoisotopic (exact) mass is 353 g/mol. The number of H-pyrrole nitrogens is 1. The van der Waals surface area contributed by atoms with Crippen molar-refractivity contribution in [2.45, 2.75) is 38.4 Å². The van der Waals surface area contributed by atoms with Crippen molar-refractivity contribution in [2.75, 3.05) is 13.1 Å². The summed E-state index contributed by atoms with van der Waals surface area (Å²) in [7, 11) is 0. The summed E-state index contributed by atoms with van der Waals surface area (Å²) in [6, 6.07) is 9.93. The van der Waals surface area contributed by atoms with Gasteiger partial charge in [0.05, 0.1) is 6.42 Å². The Balaban J connectivity index is 1.37. The number of hydrogen-bond donors (Lipinski definition) is 2. The van der Waals surface area contributed by atoms with Crippen LogP contribution in [0.25, 0.3) is 0 Å². The average molecular weight is 353 g/mol. The highest BCUT2D eigenvalue weighted by atomic mass is 16.3. The summed E-state index contributed by atoms with van der Waals surface area (Å²) in [6.45, 7) is 3.14. The Hall–Kier alpha value is -2.60. The highest BCUT2D eigenvalue weighted by molar-refractivity contribution is 5.81. The van der Waals surface area contributed by atoms with Crippen molar-refractivity contribution in [3.8, 4) is 5.75 Å². The highest BCUT2D eigenvalue weighted by Gasteiger charge is 2.31. The number of nitrogens with one attached hydrogen (secondary N) is 1. The molecule has 0 spiro atoms. The minimum absolute atomic E-state index is 0.227. The molecule has 136 valence electrons. The van der Waals surface area contributed by atoms with E-state index in [1.165, 1.54) is 17.8 Å². The summed E-state index contributed by atoms with van der Waals surface area (Å²) in [5, 5.41) is 9.33. The van der Waals surface area contributed by atoms with Gasteiger partial charge in [0, 0.05) is 50.2 Å². The maximum Gasteiger partial charge on any atom is 0.227 e. The summed E-state index contributed by atoms with van der Waals surface area (Å²) in [5.74, 6) is -0.0265. The third-order valence-electron chi connectivity index (χ3n) is 5.46. The molecule has 2 aromatic rings. The lowest BCUT2D eigenvalue weighted by molar-refractivity contribution is -0.135. The number of nitrogens with zero attached hydrogens (tertiary/aromatic N) is 2. The normalized spacial score (nSPS) is 18.8. The van der Waals surface area contributed by atoms with Crippen molar-refractivity contribution in [3.63, 3.8) is 0 Å². The fourth-order valence-electron chi connectivity index (χ4n) is 3.98. The molecule has 26 heavy (non-hydrogen) atoms. The van der Waals surface area contributed by atoms with E-state index in [-0.39, 0.29) is 23.1 Å². The number of benzene rings is 1. The second-order valence-corrected chi connectivity index (χ2v) is 7.18. The number of fused-ring (bicyclic) bond motifs is 1. The van der Waals surface area contributed by atoms with Gasteiger partial charge in [0.2, 0.25) is 11.3 Å². The zero-order valence-electron chi connectivity index (χ0n) is 14.6. The van der Waals surface area contributed by atoms with Gasteiger partial charge in [0.1, 0.15) is 0 Å². The van der Waals surface area contributed by atoms with E-state index in [0.29, 0.717) is 19.5 Å². The number of pyridine rings is 1. The van der Waals surface area contributed by atoms with Gasteiger partial charge in [-0.1, -0.05) is 24.3 Å². The Kier molecular flexibility index (Phi) is 4.51. The Morgan fingerprint density at radius 2 is 1.85 bits per heavy atom. The standard InChI is InChI=1S/C20H23N3O3/c24-18-10-16(21-11-19(18)25)13-22-7-5-17(6-8-22)23-12-15-4-2-1-3-14(15)9-20(23)26/h1-4,10-11,17,25H,5-9,12-13H2,(H,21,24). The topological polar surface area (TPSA) is 76.6 Å². The number of amides is 1. The smallest absolute Gasteiger partial charge is 0.227 e. The van der Waals surface area contributed by atoms with E-state index in [4.69, 9.17) is 0 Å². The number of hydrogen-bond acceptors (Lipinski definition) is 4. The van der Waals surface area contributed by atoms with Crippen LogP contribution in [0.2, 0.25) is 0 Å². The summed E-state index contributed by atoms with van der Waals surface area (Å²) in [4.78, 5) is 31.4. The summed E-state index contributed by atoms with van der Waals surface area (Å²) < 4.78 is 0. The maximum absolute atomic E-state index is 12.5. The van der Waals surface area contributed by atoms with Gasteiger partial charge in [-0.05, 0) is 24.0 Å². The van der Waals surface area contributed by atoms with Crippen LogP contribution in [0.5, 0.6) is 5.75 Å². The van der Waals surface area contributed by atoms with Crippen LogP contribution in [0, 0.1) is 0 Å². The largest absolute Gasteiger partial charge is 0.503 e. The van der Waals surface area contributed by atoms with Crippen molar-refractivity contribution < 1.29 is 9.90 Å². The molecular formula is C20H23N3O3. The Bertz CT molecular complexity index is 869. The molecule has 0 bridgehead atoms. The summed E-state index contributed by atoms with van der Waals surface area (Å²) in [5.41, 5.74) is 2.86. The van der Waals surface area contributed by atoms with Gasteiger partial charge in [-0.3, -0.25) is 14.5 Å². The van der Waals surface area contributed by atoms with Crippen LogP contribution in [0.15, 0.2) is 41.3 Å². The average Bonchev–Trinajstić information content (AvgIpc) is 2.65. The van der Waals surface area contributed by atoms with E-state index in [9.17, 15) is 14.7 Å². The van der Waals surface area contributed by atoms with Crippen LogP contribution in [0.1, 0.15) is 29.7 Å². The van der Waals surface area contributed by atoms with Crippen LogP contribution in [-0.2, 0) is 24.3 Å². The van der Waals surface area contributed by atoms with Gasteiger partial charge >= 0.3 is 0 Å². The molecule has 1 aromatic carbocycles. The molecule has 4 rings (SSSR count). The van der Waals surface area contributed by atoms with Gasteiger partial charge in [0.15, 0.2) is 5.75 Å². The molecule has 0 saturated carbocycles.